The third kappa shape index (κ3) is 14.4. The van der Waals surface area contributed by atoms with Crippen LogP contribution in [0.2, 0.25) is 0 Å². The number of unbranched alkanes of at least 4 members (excludes halogenated alkanes) is 9. The SMILES string of the molecule is OCCCSCCCCCCCCCCCCC1CCCCC1. The Labute approximate surface area is 150 Å². The van der Waals surface area contributed by atoms with Crippen molar-refractivity contribution < 1.29 is 5.11 Å². The normalized spacial score (nSPS) is 16.0. The van der Waals surface area contributed by atoms with Gasteiger partial charge < -0.3 is 5.11 Å². The lowest BCUT2D eigenvalue weighted by atomic mass is 9.85. The molecule has 1 saturated carbocycles. The van der Waals surface area contributed by atoms with E-state index in [-0.39, 0.29) is 0 Å². The van der Waals surface area contributed by atoms with E-state index in [0.717, 1.165) is 18.1 Å². The molecule has 1 nitrogen and oxygen atoms in total. The Bertz CT molecular complexity index is 226. The van der Waals surface area contributed by atoms with E-state index >= 15 is 0 Å². The Morgan fingerprint density at radius 2 is 1.13 bits per heavy atom. The molecule has 0 amide bonds. The molecule has 0 heterocycles. The first-order valence-electron chi connectivity index (χ1n) is 10.6. The third-order valence-electron chi connectivity index (χ3n) is 5.32. The zero-order valence-electron chi connectivity index (χ0n) is 15.6. The van der Waals surface area contributed by atoms with E-state index in [9.17, 15) is 0 Å². The zero-order valence-corrected chi connectivity index (χ0v) is 16.4. The molecule has 0 saturated heterocycles. The van der Waals surface area contributed by atoms with Crippen LogP contribution < -0.4 is 0 Å². The molecule has 0 aliphatic heterocycles. The van der Waals surface area contributed by atoms with E-state index < -0.39 is 0 Å². The van der Waals surface area contributed by atoms with Crippen molar-refractivity contribution in [2.24, 2.45) is 5.92 Å². The molecule has 1 fully saturated rings. The van der Waals surface area contributed by atoms with Gasteiger partial charge in [0.1, 0.15) is 0 Å². The summed E-state index contributed by atoms with van der Waals surface area (Å²) >= 11 is 2.01. The molecule has 0 atom stereocenters. The standard InChI is InChI=1S/C21H42OS/c22-18-14-20-23-19-13-8-6-4-2-1-3-5-7-10-15-21-16-11-9-12-17-21/h21-22H,1-20H2. The Morgan fingerprint density at radius 3 is 1.74 bits per heavy atom. The predicted molar refractivity (Wildman–Crippen MR) is 106 cm³/mol. The molecule has 0 unspecified atom stereocenters. The Morgan fingerprint density at radius 1 is 0.609 bits per heavy atom. The van der Waals surface area contributed by atoms with Crippen LogP contribution in [-0.2, 0) is 0 Å². The molecule has 0 aromatic rings. The van der Waals surface area contributed by atoms with Gasteiger partial charge in [0.15, 0.2) is 0 Å². The smallest absolute Gasteiger partial charge is 0.0438 e. The van der Waals surface area contributed by atoms with Crippen LogP contribution in [0.3, 0.4) is 0 Å². The molecule has 0 aromatic carbocycles. The lowest BCUT2D eigenvalue weighted by Crippen LogP contribution is -2.05. The average Bonchev–Trinajstić information content (AvgIpc) is 2.59. The van der Waals surface area contributed by atoms with Crippen molar-refractivity contribution in [1.82, 2.24) is 0 Å². The minimum Gasteiger partial charge on any atom is -0.396 e. The maximum atomic E-state index is 8.70. The van der Waals surface area contributed by atoms with Gasteiger partial charge in [-0.05, 0) is 30.3 Å². The second-order valence-corrected chi connectivity index (χ2v) is 8.74. The molecule has 0 aromatic heterocycles. The minimum atomic E-state index is 0.355. The molecule has 1 aliphatic rings. The lowest BCUT2D eigenvalue weighted by Gasteiger charge is -2.21. The number of hydrogen-bond donors (Lipinski definition) is 1. The van der Waals surface area contributed by atoms with Crippen molar-refractivity contribution >= 4 is 11.8 Å². The highest BCUT2D eigenvalue weighted by atomic mass is 32.2. The number of rotatable bonds is 16. The first kappa shape index (κ1) is 21.4. The minimum absolute atomic E-state index is 0.355. The second kappa shape index (κ2) is 17.1. The van der Waals surface area contributed by atoms with Crippen LogP contribution in [0.15, 0.2) is 0 Å². The molecule has 1 N–H and O–H groups in total. The summed E-state index contributed by atoms with van der Waals surface area (Å²) in [5, 5.41) is 8.70. The van der Waals surface area contributed by atoms with Crippen molar-refractivity contribution in [2.75, 3.05) is 18.1 Å². The van der Waals surface area contributed by atoms with E-state index in [0.29, 0.717) is 6.61 Å². The molecule has 0 radical (unpaired) electrons. The van der Waals surface area contributed by atoms with E-state index in [2.05, 4.69) is 0 Å². The molecule has 0 bridgehead atoms. The molecule has 2 heteroatoms. The summed E-state index contributed by atoms with van der Waals surface area (Å²) in [6.07, 6.45) is 24.6. The van der Waals surface area contributed by atoms with Crippen LogP contribution in [0.5, 0.6) is 0 Å². The fraction of sp³-hybridized carbons (Fsp3) is 1.00. The molecule has 1 rings (SSSR count). The molecule has 23 heavy (non-hydrogen) atoms. The van der Waals surface area contributed by atoms with Crippen molar-refractivity contribution in [3.63, 3.8) is 0 Å². The summed E-state index contributed by atoms with van der Waals surface area (Å²) in [6, 6.07) is 0. The molecular formula is C21H42OS. The molecule has 1 aliphatic carbocycles. The second-order valence-electron chi connectivity index (χ2n) is 7.52. The van der Waals surface area contributed by atoms with Gasteiger partial charge in [-0.15, -0.1) is 0 Å². The van der Waals surface area contributed by atoms with Gasteiger partial charge in [-0.1, -0.05) is 96.3 Å². The summed E-state index contributed by atoms with van der Waals surface area (Å²) in [5.74, 6) is 3.52. The van der Waals surface area contributed by atoms with E-state index in [1.807, 2.05) is 11.8 Å². The van der Waals surface area contributed by atoms with Gasteiger partial charge in [0, 0.05) is 6.61 Å². The first-order chi connectivity index (χ1) is 11.4. The largest absolute Gasteiger partial charge is 0.396 e. The van der Waals surface area contributed by atoms with E-state index in [1.165, 1.54) is 108 Å². The van der Waals surface area contributed by atoms with Crippen molar-refractivity contribution in [2.45, 2.75) is 109 Å². The van der Waals surface area contributed by atoms with Gasteiger partial charge in [-0.25, -0.2) is 0 Å². The maximum absolute atomic E-state index is 8.70. The quantitative estimate of drug-likeness (QED) is 0.305. The van der Waals surface area contributed by atoms with E-state index in [1.54, 1.807) is 0 Å². The Balaban J connectivity index is 1.67. The Kier molecular flexibility index (Phi) is 15.9. The van der Waals surface area contributed by atoms with Crippen LogP contribution in [0, 0.1) is 5.92 Å². The fourth-order valence-electron chi connectivity index (χ4n) is 3.80. The van der Waals surface area contributed by atoms with Crippen LogP contribution in [0.4, 0.5) is 0 Å². The molecule has 138 valence electrons. The fourth-order valence-corrected chi connectivity index (χ4v) is 4.74. The number of hydrogen-bond acceptors (Lipinski definition) is 2. The third-order valence-corrected chi connectivity index (χ3v) is 6.48. The monoisotopic (exact) mass is 342 g/mol. The lowest BCUT2D eigenvalue weighted by molar-refractivity contribution is 0.296. The molecular weight excluding hydrogens is 300 g/mol. The van der Waals surface area contributed by atoms with Gasteiger partial charge in [-0.3, -0.25) is 0 Å². The summed E-state index contributed by atoms with van der Waals surface area (Å²) in [5.41, 5.74) is 0. The Hall–Kier alpha value is 0.310. The summed E-state index contributed by atoms with van der Waals surface area (Å²) in [7, 11) is 0. The van der Waals surface area contributed by atoms with Crippen LogP contribution in [0.1, 0.15) is 109 Å². The van der Waals surface area contributed by atoms with Crippen LogP contribution in [-0.4, -0.2) is 23.2 Å². The first-order valence-corrected chi connectivity index (χ1v) is 11.8. The zero-order chi connectivity index (χ0) is 16.4. The highest BCUT2D eigenvalue weighted by Gasteiger charge is 2.12. The predicted octanol–water partition coefficient (Wildman–Crippen LogP) is 6.97. The van der Waals surface area contributed by atoms with Gasteiger partial charge in [0.25, 0.3) is 0 Å². The summed E-state index contributed by atoms with van der Waals surface area (Å²) in [6.45, 7) is 0.355. The summed E-state index contributed by atoms with van der Waals surface area (Å²) < 4.78 is 0. The highest BCUT2D eigenvalue weighted by Crippen LogP contribution is 2.28. The van der Waals surface area contributed by atoms with E-state index in [4.69, 9.17) is 5.11 Å². The van der Waals surface area contributed by atoms with Gasteiger partial charge in [0.2, 0.25) is 0 Å². The van der Waals surface area contributed by atoms with Gasteiger partial charge >= 0.3 is 0 Å². The van der Waals surface area contributed by atoms with Crippen LogP contribution >= 0.6 is 11.8 Å². The molecule has 0 spiro atoms. The van der Waals surface area contributed by atoms with Crippen LogP contribution in [0.25, 0.3) is 0 Å². The average molecular weight is 343 g/mol. The van der Waals surface area contributed by atoms with Gasteiger partial charge in [0.05, 0.1) is 0 Å². The number of thioether (sulfide) groups is 1. The van der Waals surface area contributed by atoms with Crippen molar-refractivity contribution in [3.05, 3.63) is 0 Å². The number of aliphatic hydroxyl groups is 1. The van der Waals surface area contributed by atoms with Crippen molar-refractivity contribution in [3.8, 4) is 0 Å². The number of aliphatic hydroxyl groups excluding tert-OH is 1. The summed E-state index contributed by atoms with van der Waals surface area (Å²) in [4.78, 5) is 0. The maximum Gasteiger partial charge on any atom is 0.0438 e. The highest BCUT2D eigenvalue weighted by molar-refractivity contribution is 7.99. The van der Waals surface area contributed by atoms with Gasteiger partial charge in [-0.2, -0.15) is 11.8 Å². The topological polar surface area (TPSA) is 20.2 Å². The van der Waals surface area contributed by atoms with Crippen molar-refractivity contribution in [1.29, 1.82) is 0 Å².